The summed E-state index contributed by atoms with van der Waals surface area (Å²) in [4.78, 5) is 2.01. The fraction of sp³-hybridized carbons (Fsp3) is 0.250. The second-order valence-corrected chi connectivity index (χ2v) is 6.83. The van der Waals surface area contributed by atoms with Crippen LogP contribution >= 0.6 is 0 Å². The fourth-order valence-electron chi connectivity index (χ4n) is 2.58. The summed E-state index contributed by atoms with van der Waals surface area (Å²) in [5, 5.41) is 0. The van der Waals surface area contributed by atoms with Crippen molar-refractivity contribution in [2.45, 2.75) is 13.3 Å². The Morgan fingerprint density at radius 3 is 2.52 bits per heavy atom. The Labute approximate surface area is 158 Å². The van der Waals surface area contributed by atoms with Crippen LogP contribution in [-0.4, -0.2) is 25.3 Å². The monoisotopic (exact) mass is 341 g/mol. The minimum Gasteiger partial charge on any atom is -0.748 e. The van der Waals surface area contributed by atoms with E-state index in [0.717, 1.165) is 28.4 Å². The molecule has 23 heavy (non-hydrogen) atoms. The maximum atomic E-state index is 10.8. The molecular weight excluding hydrogens is 325 g/mol. The van der Waals surface area contributed by atoms with Crippen molar-refractivity contribution in [1.29, 1.82) is 0 Å². The zero-order valence-electron chi connectivity index (χ0n) is 13.2. The van der Waals surface area contributed by atoms with Crippen LogP contribution in [0.2, 0.25) is 0 Å². The molecule has 0 fully saturated rings. The smallest absolute Gasteiger partial charge is 0.748 e. The van der Waals surface area contributed by atoms with Crippen molar-refractivity contribution in [2.75, 3.05) is 17.2 Å². The summed E-state index contributed by atoms with van der Waals surface area (Å²) in [6.07, 6.45) is 0.271. The normalized spacial score (nSPS) is 12.7. The van der Waals surface area contributed by atoms with Gasteiger partial charge in [0.1, 0.15) is 0 Å². The van der Waals surface area contributed by atoms with Crippen molar-refractivity contribution < 1.29 is 47.3 Å². The van der Waals surface area contributed by atoms with Crippen molar-refractivity contribution in [3.05, 3.63) is 48.0 Å². The molecule has 0 atom stereocenters. The fourth-order valence-corrected chi connectivity index (χ4v) is 3.06. The van der Waals surface area contributed by atoms with Crippen LogP contribution in [0.5, 0.6) is 11.5 Å². The summed E-state index contributed by atoms with van der Waals surface area (Å²) in [5.41, 5.74) is 2.86. The molecule has 0 unspecified atom stereocenters. The van der Waals surface area contributed by atoms with Crippen molar-refractivity contribution in [3.8, 4) is 11.5 Å². The molecule has 2 aromatic rings. The van der Waals surface area contributed by atoms with E-state index in [-0.39, 0.29) is 41.7 Å². The molecular formula is C16H16NNaO4S. The molecule has 5 nitrogen and oxygen atoms in total. The van der Waals surface area contributed by atoms with E-state index >= 15 is 0 Å². The standard InChI is InChI=1S/C16H17NO4S.Na/c1-12-7-8-16-14(11-12)17(9-4-10-22(18,19)20)13-5-2-3-6-15(13)21-16;/h2-3,5-8,11H,4,9-10H2,1H3,(H,18,19,20);/q;+1/p-1. The third-order valence-corrected chi connectivity index (χ3v) is 4.35. The van der Waals surface area contributed by atoms with E-state index in [0.29, 0.717) is 6.54 Å². The van der Waals surface area contributed by atoms with Crippen LogP contribution < -0.4 is 39.2 Å². The molecule has 116 valence electrons. The molecule has 0 saturated heterocycles. The number of fused-ring (bicyclic) bond motifs is 2. The third-order valence-electron chi connectivity index (χ3n) is 3.56. The molecule has 0 amide bonds. The van der Waals surface area contributed by atoms with Crippen LogP contribution in [-0.2, 0) is 10.1 Å². The van der Waals surface area contributed by atoms with E-state index in [1.165, 1.54) is 0 Å². The first-order valence-corrected chi connectivity index (χ1v) is 8.60. The molecule has 0 bridgehead atoms. The van der Waals surface area contributed by atoms with Crippen molar-refractivity contribution in [1.82, 2.24) is 0 Å². The maximum Gasteiger partial charge on any atom is 1.00 e. The summed E-state index contributed by atoms with van der Waals surface area (Å²) in [7, 11) is -4.20. The predicted octanol–water partition coefficient (Wildman–Crippen LogP) is 0.178. The van der Waals surface area contributed by atoms with Crippen LogP contribution in [0.4, 0.5) is 11.4 Å². The van der Waals surface area contributed by atoms with Gasteiger partial charge in [0, 0.05) is 12.3 Å². The summed E-state index contributed by atoms with van der Waals surface area (Å²) in [6, 6.07) is 13.4. The maximum absolute atomic E-state index is 10.8. The number of benzene rings is 2. The van der Waals surface area contributed by atoms with Crippen LogP contribution in [0.25, 0.3) is 0 Å². The van der Waals surface area contributed by atoms with Gasteiger partial charge in [-0.2, -0.15) is 0 Å². The van der Waals surface area contributed by atoms with Gasteiger partial charge in [-0.05, 0) is 43.2 Å². The SMILES string of the molecule is Cc1ccc2c(c1)N(CCCS(=O)(=O)[O-])c1ccccc1O2.[Na+]. The summed E-state index contributed by atoms with van der Waals surface area (Å²) in [5.74, 6) is 1.09. The van der Waals surface area contributed by atoms with Gasteiger partial charge in [-0.15, -0.1) is 0 Å². The van der Waals surface area contributed by atoms with E-state index in [2.05, 4.69) is 0 Å². The topological polar surface area (TPSA) is 69.7 Å². The van der Waals surface area contributed by atoms with Gasteiger partial charge in [-0.3, -0.25) is 0 Å². The van der Waals surface area contributed by atoms with E-state index in [1.807, 2.05) is 54.3 Å². The molecule has 1 aliphatic rings. The predicted molar refractivity (Wildman–Crippen MR) is 83.9 cm³/mol. The Morgan fingerprint density at radius 1 is 1.09 bits per heavy atom. The largest absolute Gasteiger partial charge is 1.00 e. The van der Waals surface area contributed by atoms with Crippen LogP contribution in [0, 0.1) is 6.92 Å². The molecule has 2 aromatic carbocycles. The number of aryl methyl sites for hydroxylation is 1. The number of hydrogen-bond acceptors (Lipinski definition) is 5. The number of anilines is 2. The molecule has 7 heteroatoms. The van der Waals surface area contributed by atoms with E-state index in [4.69, 9.17) is 4.74 Å². The molecule has 0 aliphatic carbocycles. The van der Waals surface area contributed by atoms with Crippen molar-refractivity contribution in [2.24, 2.45) is 0 Å². The van der Waals surface area contributed by atoms with Crippen LogP contribution in [0.15, 0.2) is 42.5 Å². The third kappa shape index (κ3) is 4.28. The van der Waals surface area contributed by atoms with Gasteiger partial charge in [-0.1, -0.05) is 18.2 Å². The van der Waals surface area contributed by atoms with E-state index < -0.39 is 10.1 Å². The second-order valence-electron chi connectivity index (χ2n) is 5.31. The van der Waals surface area contributed by atoms with E-state index in [9.17, 15) is 13.0 Å². The number of hydrogen-bond donors (Lipinski definition) is 0. The second kappa shape index (κ2) is 7.23. The molecule has 0 N–H and O–H groups in total. The summed E-state index contributed by atoms with van der Waals surface area (Å²) in [6.45, 7) is 2.43. The first-order valence-electron chi connectivity index (χ1n) is 7.03. The number of nitrogens with zero attached hydrogens (tertiary/aromatic N) is 1. The van der Waals surface area contributed by atoms with Gasteiger partial charge >= 0.3 is 29.6 Å². The quantitative estimate of drug-likeness (QED) is 0.586. The van der Waals surface area contributed by atoms with Gasteiger partial charge in [0.05, 0.1) is 21.5 Å². The average molecular weight is 341 g/mol. The Bertz CT molecular complexity index is 807. The van der Waals surface area contributed by atoms with Crippen molar-refractivity contribution >= 4 is 21.5 Å². The summed E-state index contributed by atoms with van der Waals surface area (Å²) >= 11 is 0. The van der Waals surface area contributed by atoms with Gasteiger partial charge in [0.25, 0.3) is 0 Å². The average Bonchev–Trinajstić information content (AvgIpc) is 2.46. The van der Waals surface area contributed by atoms with E-state index in [1.54, 1.807) is 0 Å². The Morgan fingerprint density at radius 2 is 1.78 bits per heavy atom. The molecule has 0 aromatic heterocycles. The van der Waals surface area contributed by atoms with Gasteiger partial charge in [0.2, 0.25) is 0 Å². The Balaban J connectivity index is 0.00000192. The van der Waals surface area contributed by atoms with Gasteiger partial charge in [0.15, 0.2) is 11.5 Å². The molecule has 0 radical (unpaired) electrons. The van der Waals surface area contributed by atoms with Crippen molar-refractivity contribution in [3.63, 3.8) is 0 Å². The van der Waals surface area contributed by atoms with Gasteiger partial charge in [-0.25, -0.2) is 8.42 Å². The Hall–Kier alpha value is -1.05. The number of ether oxygens (including phenoxy) is 1. The molecule has 0 saturated carbocycles. The molecule has 0 spiro atoms. The van der Waals surface area contributed by atoms with Crippen LogP contribution in [0.1, 0.15) is 12.0 Å². The zero-order valence-corrected chi connectivity index (χ0v) is 16.0. The summed E-state index contributed by atoms with van der Waals surface area (Å²) < 4.78 is 38.3. The zero-order chi connectivity index (χ0) is 15.7. The molecule has 3 rings (SSSR count). The van der Waals surface area contributed by atoms with Gasteiger partial charge < -0.3 is 14.2 Å². The Kier molecular flexibility index (Phi) is 5.75. The van der Waals surface area contributed by atoms with Crippen LogP contribution in [0.3, 0.4) is 0 Å². The number of rotatable bonds is 4. The minimum absolute atomic E-state index is 0. The first-order chi connectivity index (χ1) is 10.4. The first kappa shape index (κ1) is 18.3. The molecule has 1 aliphatic heterocycles. The molecule has 1 heterocycles. The number of para-hydroxylation sites is 2. The minimum atomic E-state index is -4.20.